The van der Waals surface area contributed by atoms with Gasteiger partial charge in [-0.15, -0.1) is 0 Å². The molecule has 0 amide bonds. The van der Waals surface area contributed by atoms with E-state index in [1.54, 1.807) is 48.5 Å². The van der Waals surface area contributed by atoms with Crippen LogP contribution in [0.1, 0.15) is 5.69 Å². The van der Waals surface area contributed by atoms with Gasteiger partial charge in [-0.05, 0) is 36.4 Å². The molecule has 0 bridgehead atoms. The highest BCUT2D eigenvalue weighted by atomic mass is 35.5. The Hall–Kier alpha value is -1.66. The van der Waals surface area contributed by atoms with Crippen LogP contribution in [0.15, 0.2) is 53.4 Å². The number of hydrogen-bond donors (Lipinski definition) is 4. The van der Waals surface area contributed by atoms with E-state index in [4.69, 9.17) is 50.0 Å². The Balaban J connectivity index is 1.51. The fourth-order valence-electron chi connectivity index (χ4n) is 3.57. The van der Waals surface area contributed by atoms with Crippen molar-refractivity contribution in [3.63, 3.8) is 0 Å². The number of halogens is 3. The first-order valence-electron chi connectivity index (χ1n) is 10.5. The lowest BCUT2D eigenvalue weighted by atomic mass is 10.00. The van der Waals surface area contributed by atoms with E-state index < -0.39 is 36.5 Å². The van der Waals surface area contributed by atoms with E-state index >= 15 is 0 Å². The van der Waals surface area contributed by atoms with Gasteiger partial charge in [-0.3, -0.25) is 0 Å². The van der Waals surface area contributed by atoms with Gasteiger partial charge in [0.2, 0.25) is 5.95 Å². The predicted octanol–water partition coefficient (Wildman–Crippen LogP) is 3.80. The molecule has 4 rings (SSSR count). The summed E-state index contributed by atoms with van der Waals surface area (Å²) >= 11 is 19.2. The minimum Gasteiger partial charge on any atom is -0.394 e. The number of rotatable bonds is 7. The van der Waals surface area contributed by atoms with Gasteiger partial charge in [0.1, 0.15) is 29.9 Å². The van der Waals surface area contributed by atoms with Crippen LogP contribution in [0.4, 0.5) is 5.95 Å². The zero-order valence-corrected chi connectivity index (χ0v) is 21.2. The molecule has 0 radical (unpaired) electrons. The molecule has 5 atom stereocenters. The molecule has 1 saturated heterocycles. The summed E-state index contributed by atoms with van der Waals surface area (Å²) < 4.78 is 11.6. The third-order valence-electron chi connectivity index (χ3n) is 5.33. The number of nitrogen functional groups attached to an aromatic ring is 1. The number of nitrogens with two attached hydrogens (primary N) is 1. The number of ether oxygens (including phenoxy) is 2. The van der Waals surface area contributed by atoms with Crippen LogP contribution in [0.2, 0.25) is 15.1 Å². The lowest BCUT2D eigenvalue weighted by Gasteiger charge is -2.41. The number of anilines is 1. The molecule has 1 aliphatic rings. The third-order valence-corrected chi connectivity index (χ3v) is 7.46. The van der Waals surface area contributed by atoms with Crippen molar-refractivity contribution in [2.75, 3.05) is 12.3 Å². The van der Waals surface area contributed by atoms with Gasteiger partial charge in [0.15, 0.2) is 0 Å². The number of thioether (sulfide) groups is 1. The molecule has 0 aliphatic carbocycles. The molecule has 1 aliphatic heterocycles. The van der Waals surface area contributed by atoms with Gasteiger partial charge >= 0.3 is 0 Å². The average Bonchev–Trinajstić information content (AvgIpc) is 2.83. The highest BCUT2D eigenvalue weighted by Gasteiger charge is 2.45. The molecule has 1 fully saturated rings. The number of aliphatic hydroxyl groups is 3. The summed E-state index contributed by atoms with van der Waals surface area (Å²) in [7, 11) is 0. The van der Waals surface area contributed by atoms with Crippen LogP contribution in [-0.2, 0) is 16.1 Å². The lowest BCUT2D eigenvalue weighted by Crippen LogP contribution is -2.58. The van der Waals surface area contributed by atoms with Crippen molar-refractivity contribution in [1.82, 2.24) is 9.97 Å². The summed E-state index contributed by atoms with van der Waals surface area (Å²) in [5.41, 5.74) is 6.84. The van der Waals surface area contributed by atoms with E-state index in [1.807, 2.05) is 0 Å². The second-order valence-electron chi connectivity index (χ2n) is 7.79. The van der Waals surface area contributed by atoms with Gasteiger partial charge in [0.05, 0.1) is 34.6 Å². The quantitative estimate of drug-likeness (QED) is 0.342. The fraction of sp³-hybridized carbons (Fsp3) is 0.304. The molecular formula is C23H22Cl3N3O5S. The smallest absolute Gasteiger partial charge is 0.220 e. The molecule has 35 heavy (non-hydrogen) atoms. The molecule has 5 N–H and O–H groups in total. The Morgan fingerprint density at radius 3 is 2.40 bits per heavy atom. The van der Waals surface area contributed by atoms with E-state index in [-0.39, 0.29) is 12.6 Å². The molecule has 12 heteroatoms. The van der Waals surface area contributed by atoms with E-state index in [2.05, 4.69) is 9.97 Å². The average molecular weight is 559 g/mol. The van der Waals surface area contributed by atoms with Crippen LogP contribution in [-0.4, -0.2) is 61.7 Å². The minimum atomic E-state index is -1.28. The van der Waals surface area contributed by atoms with Gasteiger partial charge in [-0.2, -0.15) is 0 Å². The van der Waals surface area contributed by atoms with Crippen molar-refractivity contribution >= 4 is 52.5 Å². The van der Waals surface area contributed by atoms with E-state index in [0.29, 0.717) is 31.4 Å². The maximum atomic E-state index is 10.9. The molecule has 0 unspecified atom stereocenters. The van der Waals surface area contributed by atoms with E-state index in [0.717, 1.165) is 5.56 Å². The minimum absolute atomic E-state index is 0.0467. The van der Waals surface area contributed by atoms with Crippen LogP contribution in [0.25, 0.3) is 11.3 Å². The van der Waals surface area contributed by atoms with Gasteiger partial charge < -0.3 is 30.5 Å². The summed E-state index contributed by atoms with van der Waals surface area (Å²) in [6.07, 6.45) is -4.56. The zero-order valence-electron chi connectivity index (χ0n) is 18.1. The monoisotopic (exact) mass is 557 g/mol. The molecule has 0 saturated carbocycles. The number of benzene rings is 2. The second-order valence-corrected chi connectivity index (χ2v) is 10.2. The number of aromatic nitrogens is 2. The van der Waals surface area contributed by atoms with Gasteiger partial charge in [0, 0.05) is 15.5 Å². The third kappa shape index (κ3) is 6.37. The number of nitrogens with zero attached hydrogens (tertiary/aromatic N) is 2. The van der Waals surface area contributed by atoms with Crippen molar-refractivity contribution in [2.24, 2.45) is 0 Å². The van der Waals surface area contributed by atoms with Crippen LogP contribution in [0, 0.1) is 0 Å². The Morgan fingerprint density at radius 1 is 0.971 bits per heavy atom. The number of aliphatic hydroxyl groups excluding tert-OH is 3. The summed E-state index contributed by atoms with van der Waals surface area (Å²) in [4.78, 5) is 9.13. The number of hydrogen-bond acceptors (Lipinski definition) is 9. The molecule has 1 aromatic heterocycles. The summed E-state index contributed by atoms with van der Waals surface area (Å²) in [5.74, 6) is 0.0467. The zero-order chi connectivity index (χ0) is 25.1. The standard InChI is InChI=1S/C23H22Cl3N3O5S/c24-12-3-1-11(2-4-12)17-7-13(28-23(27)29-17)10-33-21-19(31)18(9-30)34-22(20(21)32)35-14-5-6-15(25)16(26)8-14/h1-8,18-22,30-32H,9-10H2,(H2,27,28,29)/t18-,19+,20-,21+,22-/m1/s1. The van der Waals surface area contributed by atoms with Gasteiger partial charge in [-0.1, -0.05) is 58.7 Å². The highest BCUT2D eigenvalue weighted by molar-refractivity contribution is 7.99. The molecule has 2 aromatic carbocycles. The highest BCUT2D eigenvalue weighted by Crippen LogP contribution is 2.37. The Morgan fingerprint density at radius 2 is 1.71 bits per heavy atom. The first-order valence-corrected chi connectivity index (χ1v) is 12.5. The summed E-state index contributed by atoms with van der Waals surface area (Å²) in [6.45, 7) is -0.540. The van der Waals surface area contributed by atoms with Crippen LogP contribution in [0.3, 0.4) is 0 Å². The SMILES string of the molecule is Nc1nc(CO[C@@H]2[C@@H](O)[C@@H](Sc3ccc(Cl)c(Cl)c3)O[C@H](CO)[C@@H]2O)cc(-c2ccc(Cl)cc2)n1. The Bertz CT molecular complexity index is 1170. The largest absolute Gasteiger partial charge is 0.394 e. The molecule has 3 aromatic rings. The predicted molar refractivity (Wildman–Crippen MR) is 136 cm³/mol. The van der Waals surface area contributed by atoms with Crippen molar-refractivity contribution in [1.29, 1.82) is 0 Å². The van der Waals surface area contributed by atoms with Crippen molar-refractivity contribution in [2.45, 2.75) is 41.4 Å². The Labute approximate surface area is 221 Å². The normalized spacial score (nSPS) is 24.5. The van der Waals surface area contributed by atoms with E-state index in [9.17, 15) is 15.3 Å². The van der Waals surface area contributed by atoms with Crippen molar-refractivity contribution < 1.29 is 24.8 Å². The lowest BCUT2D eigenvalue weighted by molar-refractivity contribution is -0.223. The van der Waals surface area contributed by atoms with Crippen LogP contribution < -0.4 is 5.73 Å². The van der Waals surface area contributed by atoms with E-state index in [1.165, 1.54) is 11.8 Å². The molecular weight excluding hydrogens is 537 g/mol. The van der Waals surface area contributed by atoms with Gasteiger partial charge in [0.25, 0.3) is 0 Å². The topological polar surface area (TPSA) is 131 Å². The second kappa shape index (κ2) is 11.6. The first-order chi connectivity index (χ1) is 16.7. The van der Waals surface area contributed by atoms with Crippen molar-refractivity contribution in [3.05, 3.63) is 69.3 Å². The van der Waals surface area contributed by atoms with Crippen molar-refractivity contribution in [3.8, 4) is 11.3 Å². The maximum Gasteiger partial charge on any atom is 0.220 e. The maximum absolute atomic E-state index is 10.9. The Kier molecular flexibility index (Phi) is 8.75. The fourth-order valence-corrected chi connectivity index (χ4v) is 5.16. The van der Waals surface area contributed by atoms with Gasteiger partial charge in [-0.25, -0.2) is 9.97 Å². The first kappa shape index (κ1) is 26.4. The van der Waals surface area contributed by atoms with Crippen LogP contribution >= 0.6 is 46.6 Å². The summed E-state index contributed by atoms with van der Waals surface area (Å²) in [6, 6.07) is 13.8. The molecule has 186 valence electrons. The molecule has 2 heterocycles. The molecule has 0 spiro atoms. The summed E-state index contributed by atoms with van der Waals surface area (Å²) in [5, 5.41) is 32.7. The van der Waals surface area contributed by atoms with Crippen LogP contribution in [0.5, 0.6) is 0 Å². The molecule has 8 nitrogen and oxygen atoms in total.